The van der Waals surface area contributed by atoms with Crippen LogP contribution in [0, 0.1) is 5.82 Å². The molecule has 2 aromatic rings. The first kappa shape index (κ1) is 17.4. The first-order valence-corrected chi connectivity index (χ1v) is 10.5. The summed E-state index contributed by atoms with van der Waals surface area (Å²) in [6.45, 7) is 2.57. The number of hydrogen-bond acceptors (Lipinski definition) is 4. The van der Waals surface area contributed by atoms with E-state index in [1.807, 2.05) is 6.07 Å². The van der Waals surface area contributed by atoms with Crippen LogP contribution in [0.1, 0.15) is 30.4 Å². The molecular weight excluding hydrogens is 353 g/mol. The molecule has 1 aromatic heterocycles. The number of halogens is 1. The fraction of sp³-hybridized carbons (Fsp3) is 0.421. The fourth-order valence-corrected chi connectivity index (χ4v) is 5.15. The van der Waals surface area contributed by atoms with E-state index in [1.165, 1.54) is 12.3 Å². The van der Waals surface area contributed by atoms with Gasteiger partial charge in [0, 0.05) is 32.4 Å². The van der Waals surface area contributed by atoms with Crippen LogP contribution >= 0.6 is 0 Å². The van der Waals surface area contributed by atoms with Gasteiger partial charge in [0.2, 0.25) is 10.0 Å². The van der Waals surface area contributed by atoms with Gasteiger partial charge in [0.25, 0.3) is 0 Å². The lowest BCUT2D eigenvalue weighted by atomic mass is 10.00. The Morgan fingerprint density at radius 1 is 0.962 bits per heavy atom. The normalized spacial score (nSPS) is 18.6. The summed E-state index contributed by atoms with van der Waals surface area (Å²) in [5, 5.41) is 0. The maximum Gasteiger partial charge on any atom is 0.244 e. The molecule has 0 N–H and O–H groups in total. The molecule has 0 atom stereocenters. The first-order chi connectivity index (χ1) is 12.5. The number of fused-ring (bicyclic) bond motifs is 1. The number of anilines is 1. The van der Waals surface area contributed by atoms with Crippen LogP contribution in [0.15, 0.2) is 41.4 Å². The Morgan fingerprint density at radius 3 is 2.50 bits per heavy atom. The average molecular weight is 375 g/mol. The van der Waals surface area contributed by atoms with Gasteiger partial charge in [-0.1, -0.05) is 12.5 Å². The molecule has 0 unspecified atom stereocenters. The van der Waals surface area contributed by atoms with Crippen molar-refractivity contribution in [2.24, 2.45) is 0 Å². The third-order valence-corrected chi connectivity index (χ3v) is 7.06. The molecule has 5 nitrogen and oxygen atoms in total. The van der Waals surface area contributed by atoms with Gasteiger partial charge in [-0.3, -0.25) is 0 Å². The van der Waals surface area contributed by atoms with Crippen molar-refractivity contribution in [1.82, 2.24) is 9.29 Å². The van der Waals surface area contributed by atoms with Crippen LogP contribution in [-0.2, 0) is 23.0 Å². The number of rotatable bonds is 3. The summed E-state index contributed by atoms with van der Waals surface area (Å²) in [6, 6.07) is 8.29. The molecule has 1 saturated heterocycles. The molecule has 1 fully saturated rings. The Hall–Kier alpha value is -1.99. The lowest BCUT2D eigenvalue weighted by Crippen LogP contribution is -2.35. The van der Waals surface area contributed by atoms with Gasteiger partial charge in [-0.15, -0.1) is 0 Å². The zero-order valence-corrected chi connectivity index (χ0v) is 15.4. The van der Waals surface area contributed by atoms with Gasteiger partial charge in [0.15, 0.2) is 0 Å². The fourth-order valence-electron chi connectivity index (χ4n) is 3.68. The van der Waals surface area contributed by atoms with Crippen molar-refractivity contribution in [3.63, 3.8) is 0 Å². The van der Waals surface area contributed by atoms with Crippen molar-refractivity contribution >= 4 is 15.8 Å². The largest absolute Gasteiger partial charge is 0.352 e. The van der Waals surface area contributed by atoms with Crippen molar-refractivity contribution in [3.8, 4) is 0 Å². The molecule has 0 aliphatic carbocycles. The van der Waals surface area contributed by atoms with Gasteiger partial charge in [-0.25, -0.2) is 17.8 Å². The number of sulfonamides is 1. The minimum absolute atomic E-state index is 0.206. The van der Waals surface area contributed by atoms with Crippen molar-refractivity contribution in [3.05, 3.63) is 53.5 Å². The van der Waals surface area contributed by atoms with Crippen LogP contribution in [0.3, 0.4) is 0 Å². The van der Waals surface area contributed by atoms with Crippen molar-refractivity contribution < 1.29 is 12.8 Å². The summed E-state index contributed by atoms with van der Waals surface area (Å²) in [5.74, 6) is 0.542. The third kappa shape index (κ3) is 3.33. The number of hydrogen-bond donors (Lipinski definition) is 0. The van der Waals surface area contributed by atoms with Crippen LogP contribution in [-0.4, -0.2) is 37.3 Å². The second-order valence-electron chi connectivity index (χ2n) is 6.90. The number of piperidine rings is 1. The van der Waals surface area contributed by atoms with E-state index in [-0.39, 0.29) is 10.7 Å². The van der Waals surface area contributed by atoms with E-state index in [2.05, 4.69) is 9.88 Å². The standard InChI is InChI=1S/C19H22FN3O2S/c20-17-5-4-16-14-22(11-8-15(16)12-17)19-7-6-18(13-21-19)26(24,25)23-9-2-1-3-10-23/h4-7,12-13H,1-3,8-11,14H2. The molecule has 26 heavy (non-hydrogen) atoms. The zero-order chi connectivity index (χ0) is 18.1. The molecule has 4 rings (SSSR count). The Kier molecular flexibility index (Phi) is 4.67. The molecule has 138 valence electrons. The molecule has 2 aliphatic heterocycles. The van der Waals surface area contributed by atoms with Gasteiger partial charge in [0.05, 0.1) is 0 Å². The predicted molar refractivity (Wildman–Crippen MR) is 98.0 cm³/mol. The average Bonchev–Trinajstić information content (AvgIpc) is 2.68. The molecule has 0 bridgehead atoms. The van der Waals surface area contributed by atoms with Gasteiger partial charge in [-0.05, 0) is 54.7 Å². The predicted octanol–water partition coefficient (Wildman–Crippen LogP) is 2.96. The monoisotopic (exact) mass is 375 g/mol. The summed E-state index contributed by atoms with van der Waals surface area (Å²) in [5.41, 5.74) is 2.12. The van der Waals surface area contributed by atoms with E-state index in [0.717, 1.165) is 49.2 Å². The summed E-state index contributed by atoms with van der Waals surface area (Å²) in [4.78, 5) is 6.75. The van der Waals surface area contributed by atoms with E-state index in [9.17, 15) is 12.8 Å². The summed E-state index contributed by atoms with van der Waals surface area (Å²) < 4.78 is 40.3. The van der Waals surface area contributed by atoms with Crippen molar-refractivity contribution in [1.29, 1.82) is 0 Å². The summed E-state index contributed by atoms with van der Waals surface area (Å²) >= 11 is 0. The Morgan fingerprint density at radius 2 is 1.77 bits per heavy atom. The maximum absolute atomic E-state index is 13.3. The van der Waals surface area contributed by atoms with E-state index < -0.39 is 10.0 Å². The quantitative estimate of drug-likeness (QED) is 0.828. The lowest BCUT2D eigenvalue weighted by molar-refractivity contribution is 0.346. The third-order valence-electron chi connectivity index (χ3n) is 5.18. The Balaban J connectivity index is 1.52. The highest BCUT2D eigenvalue weighted by atomic mass is 32.2. The van der Waals surface area contributed by atoms with Crippen molar-refractivity contribution in [2.45, 2.75) is 37.1 Å². The topological polar surface area (TPSA) is 53.5 Å². The molecule has 2 aliphatic rings. The number of pyridine rings is 1. The highest BCUT2D eigenvalue weighted by molar-refractivity contribution is 7.89. The second-order valence-corrected chi connectivity index (χ2v) is 8.84. The molecule has 0 radical (unpaired) electrons. The smallest absolute Gasteiger partial charge is 0.244 e. The molecule has 0 spiro atoms. The van der Waals surface area contributed by atoms with E-state index in [1.54, 1.807) is 22.5 Å². The van der Waals surface area contributed by atoms with Crippen LogP contribution in [0.5, 0.6) is 0 Å². The lowest BCUT2D eigenvalue weighted by Gasteiger charge is -2.30. The molecule has 0 amide bonds. The van der Waals surface area contributed by atoms with Crippen LogP contribution in [0.25, 0.3) is 0 Å². The maximum atomic E-state index is 13.3. The molecule has 1 aromatic carbocycles. The van der Waals surface area contributed by atoms with Crippen molar-refractivity contribution in [2.75, 3.05) is 24.5 Å². The van der Waals surface area contributed by atoms with E-state index >= 15 is 0 Å². The van der Waals surface area contributed by atoms with Crippen LogP contribution in [0.2, 0.25) is 0 Å². The highest BCUT2D eigenvalue weighted by Crippen LogP contribution is 2.26. The second kappa shape index (κ2) is 6.96. The Labute approximate surface area is 153 Å². The molecule has 7 heteroatoms. The highest BCUT2D eigenvalue weighted by Gasteiger charge is 2.26. The van der Waals surface area contributed by atoms with Gasteiger partial charge in [0.1, 0.15) is 16.5 Å². The van der Waals surface area contributed by atoms with E-state index in [0.29, 0.717) is 19.6 Å². The first-order valence-electron chi connectivity index (χ1n) is 9.02. The van der Waals surface area contributed by atoms with Crippen LogP contribution in [0.4, 0.5) is 10.2 Å². The summed E-state index contributed by atoms with van der Waals surface area (Å²) in [7, 11) is -3.45. The van der Waals surface area contributed by atoms with Gasteiger partial charge in [-0.2, -0.15) is 4.31 Å². The van der Waals surface area contributed by atoms with Crippen LogP contribution < -0.4 is 4.90 Å². The SMILES string of the molecule is O=S(=O)(c1ccc(N2CCc3cc(F)ccc3C2)nc1)N1CCCCC1. The minimum Gasteiger partial charge on any atom is -0.352 e. The zero-order valence-electron chi connectivity index (χ0n) is 14.6. The Bertz CT molecular complexity index is 894. The number of benzene rings is 1. The molecule has 0 saturated carbocycles. The molecular formula is C19H22FN3O2S. The number of nitrogens with zero attached hydrogens (tertiary/aromatic N) is 3. The summed E-state index contributed by atoms with van der Waals surface area (Å²) in [6.07, 6.45) is 5.13. The van der Waals surface area contributed by atoms with E-state index in [4.69, 9.17) is 0 Å². The molecule has 3 heterocycles. The minimum atomic E-state index is -3.45. The number of aromatic nitrogens is 1. The van der Waals surface area contributed by atoms with Gasteiger partial charge >= 0.3 is 0 Å². The van der Waals surface area contributed by atoms with Gasteiger partial charge < -0.3 is 4.90 Å².